The fourth-order valence-electron chi connectivity index (χ4n) is 2.32. The van der Waals surface area contributed by atoms with E-state index in [2.05, 4.69) is 0 Å². The molecule has 92 valence electrons. The van der Waals surface area contributed by atoms with Gasteiger partial charge in [0.05, 0.1) is 10.6 Å². The van der Waals surface area contributed by atoms with Gasteiger partial charge < -0.3 is 9.47 Å². The highest BCUT2D eigenvalue weighted by Gasteiger charge is 2.38. The van der Waals surface area contributed by atoms with Gasteiger partial charge in [0.2, 0.25) is 0 Å². The van der Waals surface area contributed by atoms with Crippen LogP contribution in [0.3, 0.4) is 0 Å². The lowest BCUT2D eigenvalue weighted by Gasteiger charge is -2.28. The fourth-order valence-corrected chi connectivity index (χ4v) is 2.69. The summed E-state index contributed by atoms with van der Waals surface area (Å²) in [7, 11) is 0. The summed E-state index contributed by atoms with van der Waals surface area (Å²) in [6, 6.07) is 12.0. The fraction of sp³-hybridized carbons (Fsp3) is 0.200. The van der Waals surface area contributed by atoms with Crippen LogP contribution in [-0.4, -0.2) is 0 Å². The number of hydrogen-bond donors (Lipinski definition) is 0. The highest BCUT2D eigenvalue weighted by Crippen LogP contribution is 2.41. The lowest BCUT2D eigenvalue weighted by Crippen LogP contribution is -2.26. The third kappa shape index (κ3) is 1.57. The van der Waals surface area contributed by atoms with E-state index < -0.39 is 5.79 Å². The van der Waals surface area contributed by atoms with E-state index in [1.807, 2.05) is 43.3 Å². The second-order valence-electron chi connectivity index (χ2n) is 4.26. The lowest BCUT2D eigenvalue weighted by molar-refractivity contribution is -0.151. The van der Waals surface area contributed by atoms with Gasteiger partial charge >= 0.3 is 0 Å². The summed E-state index contributed by atoms with van der Waals surface area (Å²) >= 11 is 6.50. The number of rotatable bonds is 2. The van der Waals surface area contributed by atoms with Crippen molar-refractivity contribution in [1.82, 2.24) is 0 Å². The summed E-state index contributed by atoms with van der Waals surface area (Å²) in [6.07, 6.45) is 3.82. The summed E-state index contributed by atoms with van der Waals surface area (Å²) < 4.78 is 11.2. The Morgan fingerprint density at radius 2 is 1.78 bits per heavy atom. The Bertz CT molecular complexity index is 611. The van der Waals surface area contributed by atoms with Crippen molar-refractivity contribution in [3.05, 3.63) is 59.5 Å². The molecule has 3 heteroatoms. The molecule has 0 amide bonds. The molecule has 18 heavy (non-hydrogen) atoms. The molecule has 0 saturated carbocycles. The number of halogens is 1. The molecule has 0 saturated heterocycles. The molecule has 0 aliphatic carbocycles. The van der Waals surface area contributed by atoms with E-state index in [0.29, 0.717) is 11.4 Å². The van der Waals surface area contributed by atoms with Crippen LogP contribution in [0.2, 0.25) is 5.02 Å². The van der Waals surface area contributed by atoms with E-state index in [1.165, 1.54) is 0 Å². The van der Waals surface area contributed by atoms with Gasteiger partial charge in [-0.2, -0.15) is 0 Å². The number of fused-ring (bicyclic) bond motifs is 1. The van der Waals surface area contributed by atoms with E-state index in [-0.39, 0.29) is 0 Å². The van der Waals surface area contributed by atoms with E-state index >= 15 is 0 Å². The Labute approximate surface area is 111 Å². The van der Waals surface area contributed by atoms with Crippen LogP contribution >= 0.6 is 11.6 Å². The third-order valence-electron chi connectivity index (χ3n) is 3.31. The van der Waals surface area contributed by atoms with Crippen molar-refractivity contribution in [3.8, 4) is 0 Å². The predicted molar refractivity (Wildman–Crippen MR) is 72.2 cm³/mol. The van der Waals surface area contributed by atoms with Crippen molar-refractivity contribution >= 4 is 22.4 Å². The first-order valence-corrected chi connectivity index (χ1v) is 6.33. The van der Waals surface area contributed by atoms with Crippen LogP contribution in [0.15, 0.2) is 48.9 Å². The van der Waals surface area contributed by atoms with Gasteiger partial charge in [-0.15, -0.1) is 0 Å². The van der Waals surface area contributed by atoms with E-state index in [1.54, 1.807) is 12.5 Å². The van der Waals surface area contributed by atoms with Crippen molar-refractivity contribution in [1.29, 1.82) is 0 Å². The van der Waals surface area contributed by atoms with Crippen LogP contribution in [0.5, 0.6) is 0 Å². The van der Waals surface area contributed by atoms with Gasteiger partial charge in [0.1, 0.15) is 12.5 Å². The van der Waals surface area contributed by atoms with E-state index in [9.17, 15) is 0 Å². The minimum Gasteiger partial charge on any atom is -0.453 e. The minimum absolute atomic E-state index is 0.693. The first-order chi connectivity index (χ1) is 8.77. The summed E-state index contributed by atoms with van der Waals surface area (Å²) in [6.45, 7) is 2.01. The average molecular weight is 261 g/mol. The van der Waals surface area contributed by atoms with Crippen LogP contribution in [0.25, 0.3) is 10.8 Å². The van der Waals surface area contributed by atoms with Gasteiger partial charge in [0.25, 0.3) is 5.79 Å². The maximum atomic E-state index is 6.50. The lowest BCUT2D eigenvalue weighted by atomic mass is 9.99. The maximum absolute atomic E-state index is 6.50. The summed E-state index contributed by atoms with van der Waals surface area (Å²) in [5.74, 6) is -0.777. The zero-order valence-electron chi connectivity index (χ0n) is 10.0. The molecule has 2 nitrogen and oxygen atoms in total. The van der Waals surface area contributed by atoms with Gasteiger partial charge in [-0.1, -0.05) is 48.9 Å². The molecule has 2 aromatic rings. The molecule has 0 spiro atoms. The second-order valence-corrected chi connectivity index (χ2v) is 4.64. The highest BCUT2D eigenvalue weighted by molar-refractivity contribution is 6.36. The van der Waals surface area contributed by atoms with Crippen LogP contribution in [-0.2, 0) is 15.3 Å². The predicted octanol–water partition coefficient (Wildman–Crippen LogP) is 4.57. The molecular formula is C15H13ClO2. The van der Waals surface area contributed by atoms with Gasteiger partial charge in [-0.05, 0) is 11.5 Å². The molecule has 0 aromatic heterocycles. The van der Waals surface area contributed by atoms with Crippen molar-refractivity contribution in [2.75, 3.05) is 0 Å². The van der Waals surface area contributed by atoms with Crippen LogP contribution in [0.4, 0.5) is 0 Å². The molecular weight excluding hydrogens is 248 g/mol. The van der Waals surface area contributed by atoms with E-state index in [0.717, 1.165) is 16.3 Å². The minimum atomic E-state index is -0.777. The maximum Gasteiger partial charge on any atom is 0.277 e. The van der Waals surface area contributed by atoms with Gasteiger partial charge in [0, 0.05) is 11.8 Å². The van der Waals surface area contributed by atoms with Gasteiger partial charge in [-0.3, -0.25) is 0 Å². The van der Waals surface area contributed by atoms with Crippen molar-refractivity contribution in [2.45, 2.75) is 19.1 Å². The summed E-state index contributed by atoms with van der Waals surface area (Å²) in [5, 5.41) is 2.82. The summed E-state index contributed by atoms with van der Waals surface area (Å²) in [5.41, 5.74) is 0.871. The summed E-state index contributed by atoms with van der Waals surface area (Å²) in [4.78, 5) is 0. The Kier molecular flexibility index (Phi) is 2.67. The van der Waals surface area contributed by atoms with Crippen molar-refractivity contribution in [2.24, 2.45) is 0 Å². The Morgan fingerprint density at radius 3 is 2.50 bits per heavy atom. The second kappa shape index (κ2) is 4.21. The smallest absolute Gasteiger partial charge is 0.277 e. The topological polar surface area (TPSA) is 18.5 Å². The molecule has 0 N–H and O–H groups in total. The number of benzene rings is 2. The SMILES string of the molecule is CCC1(c2ccc3ccccc3c2Cl)OC=CO1. The zero-order chi connectivity index (χ0) is 12.6. The van der Waals surface area contributed by atoms with Crippen LogP contribution in [0.1, 0.15) is 18.9 Å². The number of ether oxygens (including phenoxy) is 2. The molecule has 2 aromatic carbocycles. The molecule has 1 aliphatic heterocycles. The number of hydrogen-bond acceptors (Lipinski definition) is 2. The normalized spacial score (nSPS) is 16.6. The first-order valence-electron chi connectivity index (χ1n) is 5.95. The standard InChI is InChI=1S/C15H13ClO2/c1-2-15(17-9-10-18-15)13-8-7-11-5-3-4-6-12(11)14(13)16/h3-10H,2H2,1H3. The molecule has 1 heterocycles. The Balaban J connectivity index is 2.21. The monoisotopic (exact) mass is 260 g/mol. The molecule has 0 fully saturated rings. The molecule has 0 bridgehead atoms. The quantitative estimate of drug-likeness (QED) is 0.787. The molecule has 1 aliphatic rings. The Morgan fingerprint density at radius 1 is 1.06 bits per heavy atom. The van der Waals surface area contributed by atoms with Gasteiger partial charge in [-0.25, -0.2) is 0 Å². The van der Waals surface area contributed by atoms with Gasteiger partial charge in [0.15, 0.2) is 0 Å². The largest absolute Gasteiger partial charge is 0.453 e. The van der Waals surface area contributed by atoms with Crippen LogP contribution < -0.4 is 0 Å². The molecule has 3 rings (SSSR count). The van der Waals surface area contributed by atoms with Crippen molar-refractivity contribution < 1.29 is 9.47 Å². The molecule has 0 radical (unpaired) electrons. The highest BCUT2D eigenvalue weighted by atomic mass is 35.5. The molecule has 0 unspecified atom stereocenters. The molecule has 0 atom stereocenters. The first kappa shape index (κ1) is 11.4. The third-order valence-corrected chi connectivity index (χ3v) is 3.72. The zero-order valence-corrected chi connectivity index (χ0v) is 10.8. The van der Waals surface area contributed by atoms with Crippen molar-refractivity contribution in [3.63, 3.8) is 0 Å². The van der Waals surface area contributed by atoms with E-state index in [4.69, 9.17) is 21.1 Å². The Hall–Kier alpha value is -1.67. The van der Waals surface area contributed by atoms with Crippen LogP contribution in [0, 0.1) is 0 Å². The average Bonchev–Trinajstić information content (AvgIpc) is 2.89.